The van der Waals surface area contributed by atoms with Crippen LogP contribution in [0, 0.1) is 5.92 Å². The highest BCUT2D eigenvalue weighted by Crippen LogP contribution is 2.32. The van der Waals surface area contributed by atoms with E-state index in [4.69, 9.17) is 4.74 Å². The lowest BCUT2D eigenvalue weighted by atomic mass is 10.2. The van der Waals surface area contributed by atoms with E-state index in [9.17, 15) is 18.0 Å². The van der Waals surface area contributed by atoms with E-state index >= 15 is 0 Å². The SMILES string of the molecule is CC(C)C(=O)Nc1nc(CC(=O)N2CCc3cc(S(=O)(=O)N4CCOCC4)ccc32)cs1. The lowest BCUT2D eigenvalue weighted by Gasteiger charge is -2.26. The molecule has 1 fully saturated rings. The Kier molecular flexibility index (Phi) is 6.61. The van der Waals surface area contributed by atoms with Gasteiger partial charge in [0.2, 0.25) is 21.8 Å². The molecular weight excluding hydrogens is 452 g/mol. The molecule has 2 aromatic rings. The van der Waals surface area contributed by atoms with E-state index in [1.807, 2.05) is 0 Å². The van der Waals surface area contributed by atoms with Crippen molar-refractivity contribution in [2.45, 2.75) is 31.6 Å². The van der Waals surface area contributed by atoms with Crippen LogP contribution in [-0.4, -0.2) is 62.4 Å². The highest BCUT2D eigenvalue weighted by Gasteiger charge is 2.30. The quantitative estimate of drug-likeness (QED) is 0.679. The molecule has 172 valence electrons. The number of benzene rings is 1. The first kappa shape index (κ1) is 22.8. The second-order valence-electron chi connectivity index (χ2n) is 8.07. The standard InChI is InChI=1S/C21H26N4O5S2/c1-14(2)20(27)23-21-22-16(13-31-21)12-19(26)25-6-5-15-11-17(3-4-18(15)25)32(28,29)24-7-9-30-10-8-24/h3-4,11,13-14H,5-10,12H2,1-2H3,(H,22,23,27). The third-order valence-corrected chi connectivity index (χ3v) is 8.20. The Morgan fingerprint density at radius 3 is 2.69 bits per heavy atom. The van der Waals surface area contributed by atoms with Gasteiger partial charge in [-0.15, -0.1) is 11.3 Å². The Morgan fingerprint density at radius 1 is 1.22 bits per heavy atom. The van der Waals surface area contributed by atoms with Crippen LogP contribution in [0.2, 0.25) is 0 Å². The minimum absolute atomic E-state index is 0.112. The van der Waals surface area contributed by atoms with Crippen molar-refractivity contribution in [1.82, 2.24) is 9.29 Å². The molecule has 1 saturated heterocycles. The van der Waals surface area contributed by atoms with E-state index in [0.29, 0.717) is 50.1 Å². The zero-order chi connectivity index (χ0) is 22.9. The van der Waals surface area contributed by atoms with Crippen LogP contribution in [0.25, 0.3) is 0 Å². The normalized spacial score (nSPS) is 16.9. The molecule has 3 heterocycles. The number of aromatic nitrogens is 1. The van der Waals surface area contributed by atoms with Crippen LogP contribution < -0.4 is 10.2 Å². The summed E-state index contributed by atoms with van der Waals surface area (Å²) in [5.41, 5.74) is 2.18. The molecule has 9 nitrogen and oxygen atoms in total. The first-order chi connectivity index (χ1) is 15.3. The number of ether oxygens (including phenoxy) is 1. The van der Waals surface area contributed by atoms with Crippen molar-refractivity contribution in [3.8, 4) is 0 Å². The summed E-state index contributed by atoms with van der Waals surface area (Å²) in [6, 6.07) is 4.95. The van der Waals surface area contributed by atoms with Crippen LogP contribution in [0.4, 0.5) is 10.8 Å². The number of amides is 2. The molecule has 32 heavy (non-hydrogen) atoms. The molecule has 2 aliphatic rings. The molecule has 4 rings (SSSR count). The molecular formula is C21H26N4O5S2. The van der Waals surface area contributed by atoms with Crippen molar-refractivity contribution >= 4 is 44.0 Å². The highest BCUT2D eigenvalue weighted by atomic mass is 32.2. The van der Waals surface area contributed by atoms with E-state index in [0.717, 1.165) is 11.3 Å². The van der Waals surface area contributed by atoms with Gasteiger partial charge in [-0.05, 0) is 30.2 Å². The molecule has 2 aliphatic heterocycles. The minimum Gasteiger partial charge on any atom is -0.379 e. The van der Waals surface area contributed by atoms with Crippen LogP contribution in [0.15, 0.2) is 28.5 Å². The highest BCUT2D eigenvalue weighted by molar-refractivity contribution is 7.89. The molecule has 2 amide bonds. The number of anilines is 2. The predicted molar refractivity (Wildman–Crippen MR) is 121 cm³/mol. The predicted octanol–water partition coefficient (Wildman–Crippen LogP) is 1.89. The lowest BCUT2D eigenvalue weighted by molar-refractivity contribution is -0.119. The van der Waals surface area contributed by atoms with E-state index in [1.165, 1.54) is 15.6 Å². The molecule has 1 N–H and O–H groups in total. The molecule has 0 spiro atoms. The third kappa shape index (κ3) is 4.70. The number of hydrogen-bond donors (Lipinski definition) is 1. The molecule has 0 saturated carbocycles. The van der Waals surface area contributed by atoms with Crippen LogP contribution in [0.3, 0.4) is 0 Å². The molecule has 1 aromatic carbocycles. The van der Waals surface area contributed by atoms with E-state index in [2.05, 4.69) is 10.3 Å². The number of hydrogen-bond acceptors (Lipinski definition) is 7. The van der Waals surface area contributed by atoms with Crippen molar-refractivity contribution < 1.29 is 22.7 Å². The number of rotatable bonds is 6. The van der Waals surface area contributed by atoms with Gasteiger partial charge in [0, 0.05) is 36.6 Å². The van der Waals surface area contributed by atoms with E-state index in [-0.39, 0.29) is 29.0 Å². The van der Waals surface area contributed by atoms with E-state index < -0.39 is 10.0 Å². The molecule has 0 bridgehead atoms. The van der Waals surface area contributed by atoms with Gasteiger partial charge < -0.3 is 15.0 Å². The largest absolute Gasteiger partial charge is 0.379 e. The van der Waals surface area contributed by atoms with Crippen LogP contribution in [-0.2, 0) is 37.2 Å². The fraction of sp³-hybridized carbons (Fsp3) is 0.476. The molecule has 11 heteroatoms. The summed E-state index contributed by atoms with van der Waals surface area (Å²) in [6.45, 7) is 5.58. The van der Waals surface area contributed by atoms with Crippen molar-refractivity contribution in [1.29, 1.82) is 0 Å². The molecule has 0 radical (unpaired) electrons. The summed E-state index contributed by atoms with van der Waals surface area (Å²) in [5, 5.41) is 4.99. The number of carbonyl (C=O) groups is 2. The average Bonchev–Trinajstić information content (AvgIpc) is 3.40. The number of sulfonamides is 1. The zero-order valence-electron chi connectivity index (χ0n) is 18.0. The number of thiazole rings is 1. The minimum atomic E-state index is -3.58. The second-order valence-corrected chi connectivity index (χ2v) is 10.9. The smallest absolute Gasteiger partial charge is 0.243 e. The Morgan fingerprint density at radius 2 is 1.97 bits per heavy atom. The molecule has 1 aromatic heterocycles. The first-order valence-electron chi connectivity index (χ1n) is 10.5. The van der Waals surface area contributed by atoms with Gasteiger partial charge in [0.25, 0.3) is 0 Å². The summed E-state index contributed by atoms with van der Waals surface area (Å²) >= 11 is 1.29. The number of carbonyl (C=O) groups excluding carboxylic acids is 2. The number of nitrogens with one attached hydrogen (secondary N) is 1. The van der Waals surface area contributed by atoms with Gasteiger partial charge in [-0.2, -0.15) is 4.31 Å². The lowest BCUT2D eigenvalue weighted by Crippen LogP contribution is -2.40. The van der Waals surface area contributed by atoms with E-state index in [1.54, 1.807) is 42.3 Å². The van der Waals surface area contributed by atoms with Gasteiger partial charge in [0.05, 0.1) is 30.2 Å². The number of fused-ring (bicyclic) bond motifs is 1. The molecule has 0 aliphatic carbocycles. The Hall–Kier alpha value is -2.34. The Bertz CT molecular complexity index is 1120. The monoisotopic (exact) mass is 478 g/mol. The summed E-state index contributed by atoms with van der Waals surface area (Å²) in [7, 11) is -3.58. The average molecular weight is 479 g/mol. The van der Waals surface area contributed by atoms with Crippen molar-refractivity contribution in [2.24, 2.45) is 5.92 Å². The van der Waals surface area contributed by atoms with Crippen molar-refractivity contribution in [3.63, 3.8) is 0 Å². The van der Waals surface area contributed by atoms with Crippen LogP contribution in [0.5, 0.6) is 0 Å². The molecule has 0 unspecified atom stereocenters. The van der Waals surface area contributed by atoms with Gasteiger partial charge in [0.15, 0.2) is 5.13 Å². The maximum Gasteiger partial charge on any atom is 0.243 e. The van der Waals surface area contributed by atoms with Gasteiger partial charge in [0.1, 0.15) is 0 Å². The third-order valence-electron chi connectivity index (χ3n) is 5.49. The van der Waals surface area contributed by atoms with Gasteiger partial charge >= 0.3 is 0 Å². The van der Waals surface area contributed by atoms with Crippen LogP contribution >= 0.6 is 11.3 Å². The summed E-state index contributed by atoms with van der Waals surface area (Å²) in [6.07, 6.45) is 0.710. The fourth-order valence-corrected chi connectivity index (χ4v) is 5.85. The maximum atomic E-state index is 12.9. The van der Waals surface area contributed by atoms with Gasteiger partial charge in [-0.25, -0.2) is 13.4 Å². The van der Waals surface area contributed by atoms with Crippen molar-refractivity contribution in [3.05, 3.63) is 34.8 Å². The van der Waals surface area contributed by atoms with Crippen LogP contribution in [0.1, 0.15) is 25.1 Å². The summed E-state index contributed by atoms with van der Waals surface area (Å²) < 4.78 is 32.5. The number of nitrogens with zero attached hydrogens (tertiary/aromatic N) is 3. The first-order valence-corrected chi connectivity index (χ1v) is 12.8. The molecule has 0 atom stereocenters. The summed E-state index contributed by atoms with van der Waals surface area (Å²) in [4.78, 5) is 31.0. The van der Waals surface area contributed by atoms with Gasteiger partial charge in [-0.1, -0.05) is 13.8 Å². The zero-order valence-corrected chi connectivity index (χ0v) is 19.7. The van der Waals surface area contributed by atoms with Crippen molar-refractivity contribution in [2.75, 3.05) is 43.1 Å². The Balaban J connectivity index is 1.45. The number of morpholine rings is 1. The van der Waals surface area contributed by atoms with Gasteiger partial charge in [-0.3, -0.25) is 9.59 Å². The second kappa shape index (κ2) is 9.26. The topological polar surface area (TPSA) is 109 Å². The Labute approximate surface area is 191 Å². The maximum absolute atomic E-state index is 12.9. The summed E-state index contributed by atoms with van der Waals surface area (Å²) in [5.74, 6) is -0.379. The fourth-order valence-electron chi connectivity index (χ4n) is 3.68.